The average Bonchev–Trinajstić information content (AvgIpc) is 2.05. The lowest BCUT2D eigenvalue weighted by Crippen LogP contribution is -2.05. The molecular weight excluding hydrogens is 154 g/mol. The first-order valence-corrected chi connectivity index (χ1v) is 3.78. The number of nitrogens with zero attached hydrogens (tertiary/aromatic N) is 2. The molecule has 12 heavy (non-hydrogen) atoms. The lowest BCUT2D eigenvalue weighted by molar-refractivity contribution is 0.177. The van der Waals surface area contributed by atoms with Gasteiger partial charge in [-0.1, -0.05) is 0 Å². The summed E-state index contributed by atoms with van der Waals surface area (Å²) in [6.45, 7) is 2.85. The molecule has 0 spiro atoms. The van der Waals surface area contributed by atoms with Crippen molar-refractivity contribution in [2.75, 3.05) is 7.11 Å². The third-order valence-corrected chi connectivity index (χ3v) is 1.62. The Hall–Kier alpha value is -1.00. The summed E-state index contributed by atoms with van der Waals surface area (Å²) in [6.07, 6.45) is 1.75. The van der Waals surface area contributed by atoms with Gasteiger partial charge in [0.25, 0.3) is 0 Å². The Kier molecular flexibility index (Phi) is 3.13. The van der Waals surface area contributed by atoms with E-state index in [0.29, 0.717) is 19.0 Å². The molecular formula is C8H13N3O. The van der Waals surface area contributed by atoms with E-state index in [0.717, 1.165) is 11.3 Å². The predicted molar refractivity (Wildman–Crippen MR) is 45.4 cm³/mol. The number of ether oxygens (including phenoxy) is 1. The van der Waals surface area contributed by atoms with Gasteiger partial charge in [-0.15, -0.1) is 0 Å². The monoisotopic (exact) mass is 167 g/mol. The van der Waals surface area contributed by atoms with Gasteiger partial charge in [-0.05, 0) is 6.92 Å². The number of nitrogens with two attached hydrogens (primary N) is 1. The standard InChI is InChI=1S/C8H13N3O/c1-6-7(3-9)4-10-8(11-6)5-12-2/h4H,3,5,9H2,1-2H3. The Morgan fingerprint density at radius 3 is 2.83 bits per heavy atom. The number of aryl methyl sites for hydroxylation is 1. The number of aromatic nitrogens is 2. The molecule has 0 aromatic carbocycles. The third-order valence-electron chi connectivity index (χ3n) is 1.62. The van der Waals surface area contributed by atoms with Crippen LogP contribution in [0.15, 0.2) is 6.20 Å². The molecule has 0 amide bonds. The molecule has 1 aromatic rings. The van der Waals surface area contributed by atoms with Crippen LogP contribution in [-0.4, -0.2) is 17.1 Å². The Bertz CT molecular complexity index is 262. The highest BCUT2D eigenvalue weighted by Crippen LogP contribution is 2.02. The third kappa shape index (κ3) is 1.99. The summed E-state index contributed by atoms with van der Waals surface area (Å²) in [7, 11) is 1.62. The quantitative estimate of drug-likeness (QED) is 0.707. The van der Waals surface area contributed by atoms with Gasteiger partial charge in [0.05, 0.1) is 0 Å². The summed E-state index contributed by atoms with van der Waals surface area (Å²) >= 11 is 0. The molecule has 0 radical (unpaired) electrons. The van der Waals surface area contributed by atoms with Crippen molar-refractivity contribution in [1.29, 1.82) is 0 Å². The highest BCUT2D eigenvalue weighted by atomic mass is 16.5. The fourth-order valence-electron chi connectivity index (χ4n) is 0.939. The Balaban J connectivity index is 2.86. The first kappa shape index (κ1) is 9.09. The van der Waals surface area contributed by atoms with E-state index in [1.165, 1.54) is 0 Å². The number of rotatable bonds is 3. The normalized spacial score (nSPS) is 10.2. The molecule has 4 heteroatoms. The maximum atomic E-state index is 5.46. The van der Waals surface area contributed by atoms with Crippen molar-refractivity contribution in [3.05, 3.63) is 23.3 Å². The molecule has 0 bridgehead atoms. The minimum absolute atomic E-state index is 0.450. The molecule has 1 rings (SSSR count). The molecule has 2 N–H and O–H groups in total. The summed E-state index contributed by atoms with van der Waals surface area (Å²) in [5.74, 6) is 0.701. The van der Waals surface area contributed by atoms with Gasteiger partial charge >= 0.3 is 0 Å². The molecule has 0 saturated carbocycles. The highest BCUT2D eigenvalue weighted by Gasteiger charge is 2.00. The highest BCUT2D eigenvalue weighted by molar-refractivity contribution is 5.15. The van der Waals surface area contributed by atoms with Crippen LogP contribution < -0.4 is 5.73 Å². The van der Waals surface area contributed by atoms with Crippen LogP contribution in [0.2, 0.25) is 0 Å². The van der Waals surface area contributed by atoms with Gasteiger partial charge in [-0.25, -0.2) is 9.97 Å². The molecule has 0 aliphatic rings. The summed E-state index contributed by atoms with van der Waals surface area (Å²) in [5, 5.41) is 0. The van der Waals surface area contributed by atoms with E-state index in [1.807, 2.05) is 6.92 Å². The molecule has 0 unspecified atom stereocenters. The van der Waals surface area contributed by atoms with Gasteiger partial charge in [0.2, 0.25) is 0 Å². The fourth-order valence-corrected chi connectivity index (χ4v) is 0.939. The van der Waals surface area contributed by atoms with Crippen LogP contribution in [0.1, 0.15) is 17.1 Å². The minimum atomic E-state index is 0.450. The number of methoxy groups -OCH3 is 1. The Labute approximate surface area is 71.8 Å². The van der Waals surface area contributed by atoms with Crippen LogP contribution in [0.5, 0.6) is 0 Å². The van der Waals surface area contributed by atoms with E-state index in [9.17, 15) is 0 Å². The maximum Gasteiger partial charge on any atom is 0.154 e. The van der Waals surface area contributed by atoms with E-state index < -0.39 is 0 Å². The van der Waals surface area contributed by atoms with Crippen molar-refractivity contribution >= 4 is 0 Å². The van der Waals surface area contributed by atoms with Crippen molar-refractivity contribution in [3.8, 4) is 0 Å². The molecule has 1 heterocycles. The predicted octanol–water partition coefficient (Wildman–Crippen LogP) is 0.390. The zero-order valence-corrected chi connectivity index (χ0v) is 7.37. The van der Waals surface area contributed by atoms with Crippen LogP contribution in [0.25, 0.3) is 0 Å². The van der Waals surface area contributed by atoms with Gasteiger partial charge in [0.15, 0.2) is 5.82 Å². The van der Waals surface area contributed by atoms with E-state index in [2.05, 4.69) is 9.97 Å². The first-order chi connectivity index (χ1) is 5.77. The zero-order chi connectivity index (χ0) is 8.97. The van der Waals surface area contributed by atoms with Crippen LogP contribution in [0.3, 0.4) is 0 Å². The molecule has 0 aliphatic heterocycles. The first-order valence-electron chi connectivity index (χ1n) is 3.78. The zero-order valence-electron chi connectivity index (χ0n) is 7.37. The molecule has 66 valence electrons. The SMILES string of the molecule is COCc1ncc(CN)c(C)n1. The smallest absolute Gasteiger partial charge is 0.154 e. The molecule has 0 fully saturated rings. The van der Waals surface area contributed by atoms with Crippen molar-refractivity contribution in [3.63, 3.8) is 0 Å². The molecule has 0 aliphatic carbocycles. The molecule has 0 saturated heterocycles. The maximum absolute atomic E-state index is 5.46. The lowest BCUT2D eigenvalue weighted by atomic mass is 10.2. The van der Waals surface area contributed by atoms with E-state index >= 15 is 0 Å². The van der Waals surface area contributed by atoms with Crippen LogP contribution in [0.4, 0.5) is 0 Å². The summed E-state index contributed by atoms with van der Waals surface area (Å²) in [5.41, 5.74) is 7.37. The largest absolute Gasteiger partial charge is 0.377 e. The summed E-state index contributed by atoms with van der Waals surface area (Å²) in [4.78, 5) is 8.30. The molecule has 1 aromatic heterocycles. The minimum Gasteiger partial charge on any atom is -0.377 e. The Morgan fingerprint density at radius 1 is 1.58 bits per heavy atom. The lowest BCUT2D eigenvalue weighted by Gasteiger charge is -2.03. The second-order valence-electron chi connectivity index (χ2n) is 2.53. The van der Waals surface area contributed by atoms with Gasteiger partial charge in [0.1, 0.15) is 6.61 Å². The topological polar surface area (TPSA) is 61.0 Å². The molecule has 0 atom stereocenters. The van der Waals surface area contributed by atoms with E-state index in [-0.39, 0.29) is 0 Å². The fraction of sp³-hybridized carbons (Fsp3) is 0.500. The molecule has 4 nitrogen and oxygen atoms in total. The number of hydrogen-bond donors (Lipinski definition) is 1. The van der Waals surface area contributed by atoms with E-state index in [4.69, 9.17) is 10.5 Å². The van der Waals surface area contributed by atoms with E-state index in [1.54, 1.807) is 13.3 Å². The summed E-state index contributed by atoms with van der Waals surface area (Å²) in [6, 6.07) is 0. The van der Waals surface area contributed by atoms with Crippen LogP contribution >= 0.6 is 0 Å². The van der Waals surface area contributed by atoms with Gasteiger partial charge < -0.3 is 10.5 Å². The van der Waals surface area contributed by atoms with Gasteiger partial charge in [-0.3, -0.25) is 0 Å². The second kappa shape index (κ2) is 4.13. The Morgan fingerprint density at radius 2 is 2.33 bits per heavy atom. The van der Waals surface area contributed by atoms with Crippen molar-refractivity contribution in [2.24, 2.45) is 5.73 Å². The van der Waals surface area contributed by atoms with Crippen LogP contribution in [0, 0.1) is 6.92 Å². The van der Waals surface area contributed by atoms with Crippen molar-refractivity contribution in [2.45, 2.75) is 20.1 Å². The van der Waals surface area contributed by atoms with Crippen molar-refractivity contribution in [1.82, 2.24) is 9.97 Å². The van der Waals surface area contributed by atoms with Gasteiger partial charge in [-0.2, -0.15) is 0 Å². The summed E-state index contributed by atoms with van der Waals surface area (Å²) < 4.78 is 4.90. The van der Waals surface area contributed by atoms with Gasteiger partial charge in [0, 0.05) is 31.1 Å². The average molecular weight is 167 g/mol. The van der Waals surface area contributed by atoms with Crippen molar-refractivity contribution < 1.29 is 4.74 Å². The number of hydrogen-bond acceptors (Lipinski definition) is 4. The second-order valence-corrected chi connectivity index (χ2v) is 2.53. The van der Waals surface area contributed by atoms with Crippen LogP contribution in [-0.2, 0) is 17.9 Å².